The Balaban J connectivity index is 1.77. The lowest BCUT2D eigenvalue weighted by molar-refractivity contribution is -1.02. The summed E-state index contributed by atoms with van der Waals surface area (Å²) in [7, 11) is 2.25. The molecule has 0 spiro atoms. The average molecular weight is 352 g/mol. The van der Waals surface area contributed by atoms with Crippen LogP contribution < -0.4 is 9.80 Å². The van der Waals surface area contributed by atoms with Crippen molar-refractivity contribution in [1.82, 2.24) is 14.6 Å². The number of aromatic hydroxyl groups is 1. The maximum atomic E-state index is 10.7. The van der Waals surface area contributed by atoms with E-state index in [0.29, 0.717) is 5.82 Å². The Morgan fingerprint density at radius 1 is 1.30 bits per heavy atom. The summed E-state index contributed by atoms with van der Waals surface area (Å²) in [4.78, 5) is 10.6. The maximum absolute atomic E-state index is 10.7. The minimum atomic E-state index is 0.178. The van der Waals surface area contributed by atoms with Crippen LogP contribution in [0.5, 0.6) is 5.88 Å². The Kier molecular flexibility index (Phi) is 3.84. The molecule has 1 fully saturated rings. The van der Waals surface area contributed by atoms with E-state index in [1.165, 1.54) is 9.78 Å². The lowest BCUT2D eigenvalue weighted by Crippen LogP contribution is -3.27. The minimum Gasteiger partial charge on any atom is -0.492 e. The van der Waals surface area contributed by atoms with Crippen LogP contribution in [0.25, 0.3) is 4.96 Å². The van der Waals surface area contributed by atoms with Gasteiger partial charge in [0, 0.05) is 0 Å². The third-order valence-electron chi connectivity index (χ3n) is 4.55. The van der Waals surface area contributed by atoms with Crippen molar-refractivity contribution in [2.24, 2.45) is 0 Å². The number of nitrogens with zero attached hydrogens (tertiary/aromatic N) is 3. The zero-order valence-electron chi connectivity index (χ0n) is 13.2. The standard InChI is InChI=1S/C15H19N5OS2/c1-10-16-15-20(17-10)14(21)13(23-15)12(11-4-3-9-22-11)19-7-5-18(2)6-8-19/h3-4,9,12,21H,5-8H2,1-2H3/p+2/t12-/m1/s1. The fraction of sp³-hybridized carbons (Fsp3) is 0.467. The fourth-order valence-electron chi connectivity index (χ4n) is 3.29. The highest BCUT2D eigenvalue weighted by Crippen LogP contribution is 2.36. The molecule has 0 amide bonds. The lowest BCUT2D eigenvalue weighted by Gasteiger charge is -2.32. The van der Waals surface area contributed by atoms with Gasteiger partial charge in [0.1, 0.15) is 36.9 Å². The van der Waals surface area contributed by atoms with Gasteiger partial charge in [0.15, 0.2) is 6.04 Å². The van der Waals surface area contributed by atoms with Gasteiger partial charge in [0.05, 0.1) is 11.9 Å². The van der Waals surface area contributed by atoms with Crippen LogP contribution in [0.3, 0.4) is 0 Å². The number of thiophene rings is 1. The van der Waals surface area contributed by atoms with E-state index in [-0.39, 0.29) is 11.9 Å². The summed E-state index contributed by atoms with van der Waals surface area (Å²) in [6.45, 7) is 6.40. The molecule has 0 saturated carbocycles. The van der Waals surface area contributed by atoms with Crippen LogP contribution in [-0.2, 0) is 0 Å². The summed E-state index contributed by atoms with van der Waals surface area (Å²) >= 11 is 3.33. The van der Waals surface area contributed by atoms with Crippen molar-refractivity contribution in [2.75, 3.05) is 33.2 Å². The quantitative estimate of drug-likeness (QED) is 0.589. The van der Waals surface area contributed by atoms with Gasteiger partial charge < -0.3 is 14.9 Å². The first-order valence-corrected chi connectivity index (χ1v) is 9.57. The molecule has 0 aliphatic carbocycles. The highest BCUT2D eigenvalue weighted by molar-refractivity contribution is 7.17. The van der Waals surface area contributed by atoms with Gasteiger partial charge in [0.2, 0.25) is 10.8 Å². The van der Waals surface area contributed by atoms with Crippen LogP contribution in [0.4, 0.5) is 0 Å². The molecule has 122 valence electrons. The fourth-order valence-corrected chi connectivity index (χ4v) is 5.44. The first-order valence-electron chi connectivity index (χ1n) is 7.88. The van der Waals surface area contributed by atoms with Crippen LogP contribution >= 0.6 is 22.7 Å². The van der Waals surface area contributed by atoms with Crippen molar-refractivity contribution < 1.29 is 14.9 Å². The number of nitrogens with one attached hydrogen (secondary N) is 2. The molecule has 23 heavy (non-hydrogen) atoms. The van der Waals surface area contributed by atoms with E-state index in [4.69, 9.17) is 0 Å². The van der Waals surface area contributed by atoms with Gasteiger partial charge in [-0.05, 0) is 18.4 Å². The van der Waals surface area contributed by atoms with E-state index in [0.717, 1.165) is 36.0 Å². The smallest absolute Gasteiger partial charge is 0.235 e. The Bertz CT molecular complexity index is 801. The van der Waals surface area contributed by atoms with E-state index < -0.39 is 0 Å². The van der Waals surface area contributed by atoms with Crippen molar-refractivity contribution in [3.8, 4) is 5.88 Å². The number of piperazine rings is 1. The van der Waals surface area contributed by atoms with Gasteiger partial charge in [-0.3, -0.25) is 0 Å². The Labute approximate surface area is 142 Å². The van der Waals surface area contributed by atoms with Crippen molar-refractivity contribution >= 4 is 27.6 Å². The van der Waals surface area contributed by atoms with Crippen LogP contribution in [0.1, 0.15) is 21.6 Å². The molecule has 0 unspecified atom stereocenters. The molecule has 8 heteroatoms. The third-order valence-corrected chi connectivity index (χ3v) is 6.57. The predicted octanol–water partition coefficient (Wildman–Crippen LogP) is -0.631. The summed E-state index contributed by atoms with van der Waals surface area (Å²) in [6.07, 6.45) is 0. The molecule has 1 aliphatic heterocycles. The number of rotatable bonds is 3. The maximum Gasteiger partial charge on any atom is 0.235 e. The van der Waals surface area contributed by atoms with E-state index in [1.807, 2.05) is 6.92 Å². The predicted molar refractivity (Wildman–Crippen MR) is 90.7 cm³/mol. The zero-order valence-corrected chi connectivity index (χ0v) is 14.9. The summed E-state index contributed by atoms with van der Waals surface area (Å²) in [6, 6.07) is 4.44. The number of likely N-dealkylation sites (N-methyl/N-ethyl adjacent to an activating group) is 1. The number of hydrogen-bond donors (Lipinski definition) is 3. The van der Waals surface area contributed by atoms with Crippen molar-refractivity contribution in [3.63, 3.8) is 0 Å². The highest BCUT2D eigenvalue weighted by atomic mass is 32.1. The Hall–Kier alpha value is -1.48. The Morgan fingerprint density at radius 2 is 2.09 bits per heavy atom. The molecule has 3 aromatic heterocycles. The Morgan fingerprint density at radius 3 is 2.74 bits per heavy atom. The van der Waals surface area contributed by atoms with E-state index in [2.05, 4.69) is 34.6 Å². The molecule has 3 N–H and O–H groups in total. The molecule has 0 radical (unpaired) electrons. The van der Waals surface area contributed by atoms with Crippen LogP contribution in [0, 0.1) is 6.92 Å². The van der Waals surface area contributed by atoms with E-state index in [1.54, 1.807) is 32.1 Å². The molecular formula is C15H21N5OS2+2. The summed E-state index contributed by atoms with van der Waals surface area (Å²) in [5.41, 5.74) is 0. The number of hydrogen-bond acceptors (Lipinski definition) is 5. The number of quaternary nitrogens is 2. The molecule has 0 aromatic carbocycles. The lowest BCUT2D eigenvalue weighted by atomic mass is 10.1. The van der Waals surface area contributed by atoms with Crippen molar-refractivity contribution in [2.45, 2.75) is 13.0 Å². The molecule has 1 saturated heterocycles. The van der Waals surface area contributed by atoms with Crippen molar-refractivity contribution in [1.29, 1.82) is 0 Å². The van der Waals surface area contributed by atoms with E-state index >= 15 is 0 Å². The second-order valence-electron chi connectivity index (χ2n) is 6.21. The summed E-state index contributed by atoms with van der Waals surface area (Å²) in [5, 5.41) is 17.1. The van der Waals surface area contributed by atoms with Crippen LogP contribution in [0.15, 0.2) is 17.5 Å². The van der Waals surface area contributed by atoms with Gasteiger partial charge >= 0.3 is 0 Å². The molecule has 4 rings (SSSR count). The molecule has 1 aliphatic rings. The SMILES string of the molecule is Cc1nc2sc([C@@H](c3cccs3)[NH+]3CC[NH+](C)CC3)c(O)n2n1. The number of fused-ring (bicyclic) bond motifs is 1. The molecule has 3 aromatic rings. The van der Waals surface area contributed by atoms with Gasteiger partial charge in [-0.25, -0.2) is 4.98 Å². The zero-order chi connectivity index (χ0) is 16.0. The van der Waals surface area contributed by atoms with Crippen LogP contribution in [-0.4, -0.2) is 52.9 Å². The molecular weight excluding hydrogens is 330 g/mol. The highest BCUT2D eigenvalue weighted by Gasteiger charge is 2.35. The van der Waals surface area contributed by atoms with E-state index in [9.17, 15) is 5.11 Å². The summed E-state index contributed by atoms with van der Waals surface area (Å²) in [5.74, 6) is 0.948. The third kappa shape index (κ3) is 2.65. The number of thiazole rings is 1. The summed E-state index contributed by atoms with van der Waals surface area (Å²) < 4.78 is 1.58. The molecule has 4 heterocycles. The van der Waals surface area contributed by atoms with Crippen LogP contribution in [0.2, 0.25) is 0 Å². The monoisotopic (exact) mass is 351 g/mol. The van der Waals surface area contributed by atoms with Gasteiger partial charge in [-0.1, -0.05) is 17.4 Å². The first-order chi connectivity index (χ1) is 11.1. The number of aryl methyl sites for hydroxylation is 1. The topological polar surface area (TPSA) is 59.3 Å². The normalized spacial score (nSPS) is 23.4. The average Bonchev–Trinajstić information content (AvgIpc) is 3.22. The largest absolute Gasteiger partial charge is 0.492 e. The molecule has 1 atom stereocenters. The molecule has 0 bridgehead atoms. The minimum absolute atomic E-state index is 0.178. The number of aromatic nitrogens is 3. The first kappa shape index (κ1) is 15.1. The second kappa shape index (κ2) is 5.86. The van der Waals surface area contributed by atoms with Gasteiger partial charge in [-0.2, -0.15) is 4.52 Å². The van der Waals surface area contributed by atoms with Gasteiger partial charge in [0.25, 0.3) is 0 Å². The van der Waals surface area contributed by atoms with Gasteiger partial charge in [-0.15, -0.1) is 16.4 Å². The molecule has 6 nitrogen and oxygen atoms in total. The van der Waals surface area contributed by atoms with Crippen molar-refractivity contribution in [3.05, 3.63) is 33.1 Å². The second-order valence-corrected chi connectivity index (χ2v) is 8.20.